The van der Waals surface area contributed by atoms with Gasteiger partial charge < -0.3 is 19.5 Å². The first kappa shape index (κ1) is 17.9. The van der Waals surface area contributed by atoms with Gasteiger partial charge in [0.1, 0.15) is 0 Å². The van der Waals surface area contributed by atoms with Crippen LogP contribution in [0.25, 0.3) is 0 Å². The van der Waals surface area contributed by atoms with Crippen LogP contribution in [0.3, 0.4) is 0 Å². The fourth-order valence-electron chi connectivity index (χ4n) is 2.43. The van der Waals surface area contributed by atoms with E-state index in [1.807, 2.05) is 0 Å². The Hall–Kier alpha value is -0.200. The quantitative estimate of drug-likeness (QED) is 0.545. The SMILES string of the molecule is CCCNC1CCCN(CCOCCOCCOC)C1. The highest BCUT2D eigenvalue weighted by Crippen LogP contribution is 2.09. The van der Waals surface area contributed by atoms with E-state index in [0.29, 0.717) is 32.5 Å². The first-order valence-electron chi connectivity index (χ1n) is 7.97. The Labute approximate surface area is 123 Å². The van der Waals surface area contributed by atoms with Crippen LogP contribution in [0.1, 0.15) is 26.2 Å². The van der Waals surface area contributed by atoms with Gasteiger partial charge in [0.2, 0.25) is 0 Å². The highest BCUT2D eigenvalue weighted by atomic mass is 16.5. The van der Waals surface area contributed by atoms with Crippen molar-refractivity contribution in [2.24, 2.45) is 0 Å². The molecular weight excluding hydrogens is 256 g/mol. The van der Waals surface area contributed by atoms with Gasteiger partial charge in [-0.15, -0.1) is 0 Å². The Bertz CT molecular complexity index is 217. The second kappa shape index (κ2) is 12.5. The zero-order valence-electron chi connectivity index (χ0n) is 13.2. The molecule has 120 valence electrons. The van der Waals surface area contributed by atoms with Crippen LogP contribution in [0.4, 0.5) is 0 Å². The molecule has 5 heteroatoms. The van der Waals surface area contributed by atoms with E-state index in [9.17, 15) is 0 Å². The third kappa shape index (κ3) is 8.87. The molecule has 0 saturated carbocycles. The summed E-state index contributed by atoms with van der Waals surface area (Å²) in [5, 5.41) is 3.62. The smallest absolute Gasteiger partial charge is 0.0701 e. The molecule has 5 nitrogen and oxygen atoms in total. The normalized spacial score (nSPS) is 20.4. The number of piperidine rings is 1. The van der Waals surface area contributed by atoms with Crippen molar-refractivity contribution in [3.63, 3.8) is 0 Å². The van der Waals surface area contributed by atoms with Gasteiger partial charge in [-0.25, -0.2) is 0 Å². The van der Waals surface area contributed by atoms with Crippen molar-refractivity contribution >= 4 is 0 Å². The fraction of sp³-hybridized carbons (Fsp3) is 1.00. The van der Waals surface area contributed by atoms with E-state index < -0.39 is 0 Å². The van der Waals surface area contributed by atoms with Crippen LogP contribution in [-0.4, -0.2) is 77.3 Å². The molecule has 0 aromatic carbocycles. The molecule has 0 spiro atoms. The summed E-state index contributed by atoms with van der Waals surface area (Å²) in [5.41, 5.74) is 0. The fourth-order valence-corrected chi connectivity index (χ4v) is 2.43. The maximum atomic E-state index is 5.61. The van der Waals surface area contributed by atoms with Crippen molar-refractivity contribution in [3.8, 4) is 0 Å². The lowest BCUT2D eigenvalue weighted by Gasteiger charge is -2.33. The first-order chi connectivity index (χ1) is 9.86. The molecule has 0 aliphatic carbocycles. The summed E-state index contributed by atoms with van der Waals surface area (Å²) in [5.74, 6) is 0. The van der Waals surface area contributed by atoms with Gasteiger partial charge in [-0.3, -0.25) is 4.90 Å². The van der Waals surface area contributed by atoms with Gasteiger partial charge in [-0.2, -0.15) is 0 Å². The van der Waals surface area contributed by atoms with Crippen LogP contribution < -0.4 is 5.32 Å². The van der Waals surface area contributed by atoms with Crippen LogP contribution in [0.5, 0.6) is 0 Å². The van der Waals surface area contributed by atoms with Gasteiger partial charge in [-0.05, 0) is 32.4 Å². The number of rotatable bonds is 12. The van der Waals surface area contributed by atoms with Crippen molar-refractivity contribution < 1.29 is 14.2 Å². The number of hydrogen-bond acceptors (Lipinski definition) is 5. The highest BCUT2D eigenvalue weighted by molar-refractivity contribution is 4.77. The monoisotopic (exact) mass is 288 g/mol. The summed E-state index contributed by atoms with van der Waals surface area (Å²) in [6, 6.07) is 0.668. The Balaban J connectivity index is 1.93. The van der Waals surface area contributed by atoms with Gasteiger partial charge in [0.25, 0.3) is 0 Å². The Morgan fingerprint density at radius 3 is 2.60 bits per heavy atom. The van der Waals surface area contributed by atoms with E-state index in [1.54, 1.807) is 7.11 Å². The van der Waals surface area contributed by atoms with E-state index in [1.165, 1.54) is 25.8 Å². The molecule has 1 heterocycles. The van der Waals surface area contributed by atoms with E-state index in [2.05, 4.69) is 17.1 Å². The average molecular weight is 288 g/mol. The van der Waals surface area contributed by atoms with Gasteiger partial charge in [0.15, 0.2) is 0 Å². The standard InChI is InChI=1S/C15H32N2O3/c1-3-6-16-15-5-4-7-17(14-15)8-9-19-12-13-20-11-10-18-2/h15-16H,3-14H2,1-2H3. The van der Waals surface area contributed by atoms with Crippen LogP contribution in [0, 0.1) is 0 Å². The van der Waals surface area contributed by atoms with Gasteiger partial charge >= 0.3 is 0 Å². The number of hydrogen-bond donors (Lipinski definition) is 1. The summed E-state index contributed by atoms with van der Waals surface area (Å²) in [6.07, 6.45) is 3.81. The minimum Gasteiger partial charge on any atom is -0.382 e. The summed E-state index contributed by atoms with van der Waals surface area (Å²) in [4.78, 5) is 2.50. The van der Waals surface area contributed by atoms with Crippen molar-refractivity contribution in [2.75, 3.05) is 66.3 Å². The van der Waals surface area contributed by atoms with Gasteiger partial charge in [-0.1, -0.05) is 6.92 Å². The third-order valence-electron chi connectivity index (χ3n) is 3.54. The second-order valence-electron chi connectivity index (χ2n) is 5.31. The molecular formula is C15H32N2O3. The van der Waals surface area contributed by atoms with Crippen LogP contribution in [-0.2, 0) is 14.2 Å². The Morgan fingerprint density at radius 2 is 1.85 bits per heavy atom. The topological polar surface area (TPSA) is 43.0 Å². The number of nitrogens with one attached hydrogen (secondary N) is 1. The lowest BCUT2D eigenvalue weighted by molar-refractivity contribution is 0.0175. The molecule has 1 rings (SSSR count). The predicted molar refractivity (Wildman–Crippen MR) is 81.3 cm³/mol. The Morgan fingerprint density at radius 1 is 1.10 bits per heavy atom. The highest BCUT2D eigenvalue weighted by Gasteiger charge is 2.18. The van der Waals surface area contributed by atoms with Crippen molar-refractivity contribution in [3.05, 3.63) is 0 Å². The molecule has 0 amide bonds. The summed E-state index contributed by atoms with van der Waals surface area (Å²) in [7, 11) is 1.68. The molecule has 1 aliphatic rings. The van der Waals surface area contributed by atoms with Crippen LogP contribution in [0.15, 0.2) is 0 Å². The summed E-state index contributed by atoms with van der Waals surface area (Å²) in [6.45, 7) is 10.2. The number of nitrogens with zero attached hydrogens (tertiary/aromatic N) is 1. The summed E-state index contributed by atoms with van der Waals surface area (Å²) < 4.78 is 15.9. The molecule has 20 heavy (non-hydrogen) atoms. The Kier molecular flexibility index (Phi) is 11.2. The molecule has 0 aromatic heterocycles. The second-order valence-corrected chi connectivity index (χ2v) is 5.31. The lowest BCUT2D eigenvalue weighted by atomic mass is 10.1. The molecule has 0 bridgehead atoms. The molecule has 0 radical (unpaired) electrons. The number of likely N-dealkylation sites (tertiary alicyclic amines) is 1. The first-order valence-corrected chi connectivity index (χ1v) is 7.97. The molecule has 1 aliphatic heterocycles. The molecule has 0 aromatic rings. The largest absolute Gasteiger partial charge is 0.382 e. The van der Waals surface area contributed by atoms with Crippen LogP contribution >= 0.6 is 0 Å². The molecule has 1 fully saturated rings. The van der Waals surface area contributed by atoms with Crippen molar-refractivity contribution in [2.45, 2.75) is 32.2 Å². The maximum absolute atomic E-state index is 5.61. The maximum Gasteiger partial charge on any atom is 0.0701 e. The number of ether oxygens (including phenoxy) is 3. The third-order valence-corrected chi connectivity index (χ3v) is 3.54. The minimum absolute atomic E-state index is 0.650. The van der Waals surface area contributed by atoms with E-state index >= 15 is 0 Å². The minimum atomic E-state index is 0.650. The summed E-state index contributed by atoms with van der Waals surface area (Å²) >= 11 is 0. The van der Waals surface area contributed by atoms with E-state index in [4.69, 9.17) is 14.2 Å². The van der Waals surface area contributed by atoms with Gasteiger partial charge in [0, 0.05) is 26.2 Å². The molecule has 1 unspecified atom stereocenters. The van der Waals surface area contributed by atoms with Crippen molar-refractivity contribution in [1.29, 1.82) is 0 Å². The lowest BCUT2D eigenvalue weighted by Crippen LogP contribution is -2.46. The van der Waals surface area contributed by atoms with Crippen LogP contribution in [0.2, 0.25) is 0 Å². The molecule has 1 atom stereocenters. The van der Waals surface area contributed by atoms with Crippen molar-refractivity contribution in [1.82, 2.24) is 10.2 Å². The average Bonchev–Trinajstić information content (AvgIpc) is 2.48. The van der Waals surface area contributed by atoms with Gasteiger partial charge in [0.05, 0.1) is 33.0 Å². The van der Waals surface area contributed by atoms with E-state index in [-0.39, 0.29) is 0 Å². The zero-order chi connectivity index (χ0) is 14.5. The molecule has 1 N–H and O–H groups in total. The predicted octanol–water partition coefficient (Wildman–Crippen LogP) is 1.13. The van der Waals surface area contributed by atoms with E-state index in [0.717, 1.165) is 26.2 Å². The zero-order valence-corrected chi connectivity index (χ0v) is 13.2. The molecule has 1 saturated heterocycles. The number of methoxy groups -OCH3 is 1.